The maximum absolute atomic E-state index is 4.81. The number of amidine groups is 3. The van der Waals surface area contributed by atoms with Gasteiger partial charge in [-0.1, -0.05) is 0 Å². The fourth-order valence-electron chi connectivity index (χ4n) is 4.82. The maximum Gasteiger partial charge on any atom is 0.184 e. The smallest absolute Gasteiger partial charge is 0.184 e. The Morgan fingerprint density at radius 1 is 0.475 bits per heavy atom. The van der Waals surface area contributed by atoms with Crippen LogP contribution in [0, 0.1) is 0 Å². The van der Waals surface area contributed by atoms with E-state index in [4.69, 9.17) is 20.0 Å². The number of aromatic nitrogens is 10. The molecule has 1 unspecified atom stereocenters. The Balaban J connectivity index is 1.39. The van der Waals surface area contributed by atoms with Crippen LogP contribution in [-0.4, -0.2) is 67.3 Å². The van der Waals surface area contributed by atoms with Crippen LogP contribution >= 0.6 is 0 Å². The predicted molar refractivity (Wildman–Crippen MR) is 140 cm³/mol. The van der Waals surface area contributed by atoms with Gasteiger partial charge in [-0.05, 0) is 0 Å². The lowest BCUT2D eigenvalue weighted by Crippen LogP contribution is -2.16. The quantitative estimate of drug-likeness (QED) is 0.252. The summed E-state index contributed by atoms with van der Waals surface area (Å²) in [5.74, 6) is 1.97. The van der Waals surface area contributed by atoms with Gasteiger partial charge in [-0.2, -0.15) is 0 Å². The van der Waals surface area contributed by atoms with E-state index in [1.54, 1.807) is 49.6 Å². The van der Waals surface area contributed by atoms with Gasteiger partial charge in [-0.25, -0.2) is 59.8 Å². The number of fused-ring (bicyclic) bond motifs is 18. The van der Waals surface area contributed by atoms with Crippen LogP contribution in [0.5, 0.6) is 0 Å². The summed E-state index contributed by atoms with van der Waals surface area (Å²) in [4.78, 5) is 66.3. The van der Waals surface area contributed by atoms with Crippen molar-refractivity contribution >= 4 is 51.2 Å². The van der Waals surface area contributed by atoms with Gasteiger partial charge in [0.05, 0.1) is 0 Å². The molecule has 9 rings (SSSR count). The molecular formula is C24H12N16. The van der Waals surface area contributed by atoms with Crippen LogP contribution in [0.2, 0.25) is 0 Å². The van der Waals surface area contributed by atoms with Gasteiger partial charge in [-0.3, -0.25) is 4.98 Å². The molecule has 0 saturated carbocycles. The van der Waals surface area contributed by atoms with Crippen LogP contribution < -0.4 is 16.3 Å². The van der Waals surface area contributed by atoms with Crippen molar-refractivity contribution in [3.63, 3.8) is 0 Å². The molecule has 0 saturated heterocycles. The first-order chi connectivity index (χ1) is 19.8. The third kappa shape index (κ3) is 2.91. The van der Waals surface area contributed by atoms with Gasteiger partial charge in [0.1, 0.15) is 50.7 Å². The van der Waals surface area contributed by atoms with Crippen LogP contribution in [0.15, 0.2) is 74.5 Å². The highest BCUT2D eigenvalue weighted by atomic mass is 15.2. The van der Waals surface area contributed by atoms with Crippen molar-refractivity contribution in [2.75, 3.05) is 5.32 Å². The normalized spacial score (nSPS) is 16.8. The topological polar surface area (TPSA) is 209 Å². The predicted octanol–water partition coefficient (Wildman–Crippen LogP) is 0.472. The largest absolute Gasteiger partial charge is 0.343 e. The minimum Gasteiger partial charge on any atom is -0.343 e. The summed E-state index contributed by atoms with van der Waals surface area (Å²) in [6, 6.07) is 0. The molecule has 188 valence electrons. The van der Waals surface area contributed by atoms with E-state index in [2.05, 4.69) is 60.1 Å². The number of nitrogens with zero attached hydrogens (tertiary/aromatic N) is 13. The number of anilines is 1. The third-order valence-electron chi connectivity index (χ3n) is 6.50. The molecule has 0 aliphatic carbocycles. The van der Waals surface area contributed by atoms with Gasteiger partial charge in [0.15, 0.2) is 40.5 Å². The van der Waals surface area contributed by atoms with Gasteiger partial charge < -0.3 is 15.3 Å². The van der Waals surface area contributed by atoms with Crippen LogP contribution in [0.3, 0.4) is 0 Å². The van der Waals surface area contributed by atoms with Crippen molar-refractivity contribution in [1.82, 2.24) is 49.8 Å². The van der Waals surface area contributed by atoms with Crippen LogP contribution in [0.25, 0.3) is 22.1 Å². The Morgan fingerprint density at radius 3 is 1.80 bits per heavy atom. The van der Waals surface area contributed by atoms with Crippen molar-refractivity contribution in [1.29, 1.82) is 0 Å². The van der Waals surface area contributed by atoms with Gasteiger partial charge in [0.2, 0.25) is 0 Å². The lowest BCUT2D eigenvalue weighted by molar-refractivity contribution is 0.810. The summed E-state index contributed by atoms with van der Waals surface area (Å²) >= 11 is 0. The molecule has 40 heavy (non-hydrogen) atoms. The molecule has 6 aromatic heterocycles. The summed E-state index contributed by atoms with van der Waals surface area (Å²) in [6.07, 6.45) is 12.1. The second-order valence-electron chi connectivity index (χ2n) is 8.82. The number of H-pyrrole nitrogens is 2. The van der Waals surface area contributed by atoms with Crippen molar-refractivity contribution < 1.29 is 0 Å². The molecule has 0 spiro atoms. The summed E-state index contributed by atoms with van der Waals surface area (Å²) in [5, 5.41) is 3.37. The number of hydrogen-bond acceptors (Lipinski definition) is 14. The zero-order valence-corrected chi connectivity index (χ0v) is 20.0. The summed E-state index contributed by atoms with van der Waals surface area (Å²) in [6.45, 7) is 0. The van der Waals surface area contributed by atoms with E-state index in [1.165, 1.54) is 0 Å². The Kier molecular flexibility index (Phi) is 3.99. The van der Waals surface area contributed by atoms with Gasteiger partial charge in [-0.15, -0.1) is 0 Å². The van der Waals surface area contributed by atoms with E-state index in [0.29, 0.717) is 85.0 Å². The molecule has 3 aliphatic rings. The van der Waals surface area contributed by atoms with Crippen molar-refractivity contribution in [3.05, 3.63) is 83.3 Å². The molecule has 3 aliphatic heterocycles. The number of rotatable bonds is 0. The molecule has 0 aromatic carbocycles. The van der Waals surface area contributed by atoms with Crippen LogP contribution in [0.4, 0.5) is 11.6 Å². The standard InChI is InChI=1S/C24H12N16/c1-2-26-10-9(25-1)17-33-18(10)38-20-13-14(30-6-5-29-13)22(35-20)40-24-16-15(31-7-8-32-16)23(36-24)39-21-12-11(19(34-21)37-17)27-3-4-28-12/h1-8,17,34,37H,(H,33,35,36,38,39,40). The zero-order valence-electron chi connectivity index (χ0n) is 20.0. The Morgan fingerprint density at radius 2 is 1.05 bits per heavy atom. The lowest BCUT2D eigenvalue weighted by atomic mass is 10.3. The van der Waals surface area contributed by atoms with Crippen molar-refractivity contribution in [3.8, 4) is 0 Å². The molecule has 1 atom stereocenters. The average molecular weight is 524 g/mol. The van der Waals surface area contributed by atoms with E-state index in [-0.39, 0.29) is 0 Å². The van der Waals surface area contributed by atoms with Crippen LogP contribution in [0.1, 0.15) is 28.9 Å². The second-order valence-corrected chi connectivity index (χ2v) is 8.82. The van der Waals surface area contributed by atoms with E-state index in [0.717, 1.165) is 0 Å². The molecule has 3 N–H and O–H groups in total. The molecule has 0 radical (unpaired) electrons. The SMILES string of the molecule is c1cnc2c(n1)C1=NC2=Nc2[nH]c(c3nccnc23)NC2N=C(N=c3[nH]c(c4nccnc34)=N1)c1nccnc12. The van der Waals surface area contributed by atoms with Crippen LogP contribution in [-0.2, 0) is 0 Å². The minimum atomic E-state index is -0.612. The Hall–Kier alpha value is -6.19. The van der Waals surface area contributed by atoms with Gasteiger partial charge in [0.25, 0.3) is 0 Å². The molecule has 8 bridgehead atoms. The summed E-state index contributed by atoms with van der Waals surface area (Å²) in [5.41, 5.74) is 5.02. The molecule has 16 nitrogen and oxygen atoms in total. The number of aromatic amines is 2. The number of hydrogen-bond donors (Lipinski definition) is 3. The number of aliphatic imine (C=N–C) groups is 3. The first-order valence-corrected chi connectivity index (χ1v) is 12.0. The molecular weight excluding hydrogens is 512 g/mol. The third-order valence-corrected chi connectivity index (χ3v) is 6.50. The highest BCUT2D eigenvalue weighted by Crippen LogP contribution is 2.34. The van der Waals surface area contributed by atoms with Crippen molar-refractivity contribution in [2.45, 2.75) is 6.17 Å². The maximum atomic E-state index is 4.81. The average Bonchev–Trinajstić information content (AvgIpc) is 3.73. The highest BCUT2D eigenvalue weighted by Gasteiger charge is 2.30. The highest BCUT2D eigenvalue weighted by molar-refractivity contribution is 6.21. The first-order valence-electron chi connectivity index (χ1n) is 12.0. The molecule has 0 fully saturated rings. The lowest BCUT2D eigenvalue weighted by Gasteiger charge is -2.10. The van der Waals surface area contributed by atoms with E-state index in [1.807, 2.05) is 0 Å². The summed E-state index contributed by atoms with van der Waals surface area (Å²) in [7, 11) is 0. The second kappa shape index (κ2) is 7.67. The van der Waals surface area contributed by atoms with Gasteiger partial charge in [0, 0.05) is 49.6 Å². The molecule has 6 aromatic rings. The molecule has 0 amide bonds. The Bertz CT molecular complexity index is 2270. The minimum absolute atomic E-state index is 0.309. The fraction of sp³-hybridized carbons (Fsp3) is 0.0417. The van der Waals surface area contributed by atoms with Gasteiger partial charge >= 0.3 is 0 Å². The Labute approximate surface area is 221 Å². The van der Waals surface area contributed by atoms with E-state index >= 15 is 0 Å². The molecule has 16 heteroatoms. The van der Waals surface area contributed by atoms with E-state index in [9.17, 15) is 0 Å². The van der Waals surface area contributed by atoms with Crippen molar-refractivity contribution in [2.24, 2.45) is 25.0 Å². The molecule has 9 heterocycles. The zero-order chi connectivity index (χ0) is 26.2. The van der Waals surface area contributed by atoms with E-state index < -0.39 is 6.17 Å². The first kappa shape index (κ1) is 20.8. The summed E-state index contributed by atoms with van der Waals surface area (Å²) < 4.78 is 0. The fourth-order valence-corrected chi connectivity index (χ4v) is 4.82. The monoisotopic (exact) mass is 524 g/mol. The number of nitrogens with one attached hydrogen (secondary N) is 3.